The Hall–Kier alpha value is -2.57. The molecule has 2 aromatic carbocycles. The van der Waals surface area contributed by atoms with E-state index in [4.69, 9.17) is 13.9 Å². The first kappa shape index (κ1) is 24.7. The Morgan fingerprint density at radius 1 is 1.03 bits per heavy atom. The third kappa shape index (κ3) is 3.09. The molecule has 0 aromatic heterocycles. The molecule has 2 bridgehead atoms. The fourth-order valence-corrected chi connectivity index (χ4v) is 7.84. The van der Waals surface area contributed by atoms with Gasteiger partial charge in [-0.15, -0.1) is 0 Å². The number of carbonyl (C=O) groups is 2. The highest BCUT2D eigenvalue weighted by Crippen LogP contribution is 2.70. The summed E-state index contributed by atoms with van der Waals surface area (Å²) in [6.07, 6.45) is 0.762. The van der Waals surface area contributed by atoms with E-state index in [0.717, 1.165) is 10.8 Å². The summed E-state index contributed by atoms with van der Waals surface area (Å²) in [6, 6.07) is 13.1. The highest BCUT2D eigenvalue weighted by Gasteiger charge is 2.87. The van der Waals surface area contributed by atoms with E-state index < -0.39 is 31.4 Å². The maximum atomic E-state index is 14.2. The molecule has 0 aliphatic carbocycles. The molecule has 0 N–H and O–H groups in total. The van der Waals surface area contributed by atoms with Gasteiger partial charge in [0.15, 0.2) is 8.32 Å². The average molecular weight is 519 g/mol. The molecule has 4 aliphatic rings. The summed E-state index contributed by atoms with van der Waals surface area (Å²) in [5.74, 6) is -1.66. The van der Waals surface area contributed by atoms with Crippen molar-refractivity contribution in [1.82, 2.24) is 0 Å². The van der Waals surface area contributed by atoms with Gasteiger partial charge in [-0.1, -0.05) is 52.0 Å². The highest BCUT2D eigenvalue weighted by atomic mass is 28.4. The van der Waals surface area contributed by atoms with E-state index in [1.165, 1.54) is 4.90 Å². The van der Waals surface area contributed by atoms with Crippen molar-refractivity contribution in [2.24, 2.45) is 11.8 Å². The standard InChI is InChI=1S/C29H34N2O5Si/c1-7-28-21-22(29(36-28,24-23(28)35-24)14-15-34-37(5,6)27(2,3)4)26(33)31(25(21)32)20-13-12-17(16-30)18-10-8-9-11-19(18)20/h8-13,21-24H,7,14-15H2,1-6H3/t21-,22+,23-,24+,28?,29?/m0/s1. The number of epoxide rings is 1. The first-order valence-electron chi connectivity index (χ1n) is 13.2. The number of carbonyl (C=O) groups excluding carboxylic acids is 2. The van der Waals surface area contributed by atoms with Crippen LogP contribution in [0.15, 0.2) is 36.4 Å². The molecule has 7 nitrogen and oxygen atoms in total. The topological polar surface area (TPSA) is 92.2 Å². The van der Waals surface area contributed by atoms with E-state index in [1.54, 1.807) is 12.1 Å². The van der Waals surface area contributed by atoms with E-state index >= 15 is 0 Å². The zero-order chi connectivity index (χ0) is 26.5. The van der Waals surface area contributed by atoms with Crippen LogP contribution in [-0.4, -0.2) is 50.1 Å². The van der Waals surface area contributed by atoms with Crippen molar-refractivity contribution in [2.45, 2.75) is 82.1 Å². The second-order valence-corrected chi connectivity index (χ2v) is 17.3. The van der Waals surface area contributed by atoms with Gasteiger partial charge in [0.2, 0.25) is 11.8 Å². The lowest BCUT2D eigenvalue weighted by Crippen LogP contribution is -2.49. The smallest absolute Gasteiger partial charge is 0.240 e. The number of ether oxygens (including phenoxy) is 2. The SMILES string of the molecule is CCC12OC(CCO[Si](C)(C)C(C)(C)C)([C@@H]3O[C@@H]31)[C@H]1C(=O)N(c3ccc(C#N)c4ccccc34)C(=O)[C@H]12. The van der Waals surface area contributed by atoms with Crippen LogP contribution < -0.4 is 4.90 Å². The predicted molar refractivity (Wildman–Crippen MR) is 141 cm³/mol. The van der Waals surface area contributed by atoms with Gasteiger partial charge < -0.3 is 13.9 Å². The number of rotatable bonds is 6. The lowest BCUT2D eigenvalue weighted by molar-refractivity contribution is -0.150. The van der Waals surface area contributed by atoms with Gasteiger partial charge in [-0.05, 0) is 36.7 Å². The number of hydrogen-bond acceptors (Lipinski definition) is 6. The second kappa shape index (κ2) is 7.73. The number of hydrogen-bond donors (Lipinski definition) is 0. The van der Waals surface area contributed by atoms with Gasteiger partial charge in [-0.2, -0.15) is 5.26 Å². The summed E-state index contributed by atoms with van der Waals surface area (Å²) in [4.78, 5) is 29.7. The van der Waals surface area contributed by atoms with E-state index in [9.17, 15) is 14.9 Å². The normalized spacial score (nSPS) is 34.1. The van der Waals surface area contributed by atoms with Crippen LogP contribution in [0.1, 0.15) is 46.1 Å². The molecule has 4 heterocycles. The Bertz CT molecular complexity index is 1380. The first-order chi connectivity index (χ1) is 17.4. The lowest BCUT2D eigenvalue weighted by atomic mass is 9.66. The molecule has 0 saturated carbocycles. The van der Waals surface area contributed by atoms with Crippen LogP contribution in [0.25, 0.3) is 10.8 Å². The molecule has 2 unspecified atom stereocenters. The minimum Gasteiger partial charge on any atom is -0.417 e. The summed E-state index contributed by atoms with van der Waals surface area (Å²) in [5, 5.41) is 11.1. The van der Waals surface area contributed by atoms with E-state index in [1.807, 2.05) is 31.2 Å². The zero-order valence-electron chi connectivity index (χ0n) is 22.3. The molecule has 194 valence electrons. The van der Waals surface area contributed by atoms with Crippen LogP contribution in [0.4, 0.5) is 5.69 Å². The van der Waals surface area contributed by atoms with Crippen molar-refractivity contribution < 1.29 is 23.5 Å². The maximum absolute atomic E-state index is 14.2. The quantitative estimate of drug-likeness (QED) is 0.306. The number of anilines is 1. The van der Waals surface area contributed by atoms with Gasteiger partial charge >= 0.3 is 0 Å². The summed E-state index contributed by atoms with van der Waals surface area (Å²) >= 11 is 0. The summed E-state index contributed by atoms with van der Waals surface area (Å²) < 4.78 is 19.4. The number of imide groups is 1. The van der Waals surface area contributed by atoms with E-state index in [2.05, 4.69) is 39.9 Å². The molecule has 2 amide bonds. The minimum atomic E-state index is -2.00. The summed E-state index contributed by atoms with van der Waals surface area (Å²) in [5.41, 5.74) is -0.610. The molecule has 2 aromatic rings. The summed E-state index contributed by atoms with van der Waals surface area (Å²) in [6.45, 7) is 13.5. The first-order valence-corrected chi connectivity index (χ1v) is 16.1. The molecular weight excluding hydrogens is 484 g/mol. The number of benzene rings is 2. The van der Waals surface area contributed by atoms with Gasteiger partial charge in [0.25, 0.3) is 0 Å². The fraction of sp³-hybridized carbons (Fsp3) is 0.552. The van der Waals surface area contributed by atoms with Crippen molar-refractivity contribution in [2.75, 3.05) is 11.5 Å². The highest BCUT2D eigenvalue weighted by molar-refractivity contribution is 6.74. The van der Waals surface area contributed by atoms with Gasteiger partial charge in [0.1, 0.15) is 23.4 Å². The fourth-order valence-electron chi connectivity index (χ4n) is 6.80. The van der Waals surface area contributed by atoms with Gasteiger partial charge in [0.05, 0.1) is 29.2 Å². The predicted octanol–water partition coefficient (Wildman–Crippen LogP) is 4.93. The molecule has 0 spiro atoms. The number of nitrogens with zero attached hydrogens (tertiary/aromatic N) is 2. The maximum Gasteiger partial charge on any atom is 0.240 e. The monoisotopic (exact) mass is 518 g/mol. The third-order valence-corrected chi connectivity index (χ3v) is 14.3. The van der Waals surface area contributed by atoms with E-state index in [0.29, 0.717) is 30.7 Å². The molecule has 4 fully saturated rings. The Labute approximate surface area is 218 Å². The van der Waals surface area contributed by atoms with Crippen molar-refractivity contribution in [3.63, 3.8) is 0 Å². The average Bonchev–Trinajstić information content (AvgIpc) is 3.49. The number of nitriles is 1. The minimum absolute atomic E-state index is 0.0673. The molecule has 8 heteroatoms. The Kier molecular flexibility index (Phi) is 5.17. The van der Waals surface area contributed by atoms with Crippen LogP contribution in [0, 0.1) is 23.2 Å². The Morgan fingerprint density at radius 2 is 1.65 bits per heavy atom. The molecule has 4 aliphatic heterocycles. The van der Waals surface area contributed by atoms with E-state index in [-0.39, 0.29) is 29.1 Å². The molecular formula is C29H34N2O5Si. The largest absolute Gasteiger partial charge is 0.417 e. The zero-order valence-corrected chi connectivity index (χ0v) is 23.3. The molecule has 37 heavy (non-hydrogen) atoms. The van der Waals surface area contributed by atoms with Crippen LogP contribution in [0.3, 0.4) is 0 Å². The van der Waals surface area contributed by atoms with Crippen molar-refractivity contribution in [1.29, 1.82) is 5.26 Å². The number of fused-ring (bicyclic) bond motifs is 9. The molecule has 0 radical (unpaired) electrons. The third-order valence-electron chi connectivity index (χ3n) is 9.77. The van der Waals surface area contributed by atoms with Gasteiger partial charge in [-0.3, -0.25) is 9.59 Å². The molecule has 6 rings (SSSR count). The Morgan fingerprint density at radius 3 is 2.27 bits per heavy atom. The van der Waals surface area contributed by atoms with Crippen LogP contribution in [0.2, 0.25) is 18.1 Å². The van der Waals surface area contributed by atoms with Gasteiger partial charge in [0, 0.05) is 23.8 Å². The molecule has 4 saturated heterocycles. The van der Waals surface area contributed by atoms with Crippen LogP contribution in [-0.2, 0) is 23.5 Å². The summed E-state index contributed by atoms with van der Waals surface area (Å²) in [7, 11) is -2.00. The molecule has 6 atom stereocenters. The van der Waals surface area contributed by atoms with Crippen molar-refractivity contribution in [3.05, 3.63) is 42.0 Å². The van der Waals surface area contributed by atoms with Crippen LogP contribution in [0.5, 0.6) is 0 Å². The van der Waals surface area contributed by atoms with Crippen molar-refractivity contribution >= 4 is 36.6 Å². The Balaban J connectivity index is 1.39. The van der Waals surface area contributed by atoms with Crippen LogP contribution >= 0.6 is 0 Å². The van der Waals surface area contributed by atoms with Gasteiger partial charge in [-0.25, -0.2) is 4.90 Å². The second-order valence-electron chi connectivity index (χ2n) is 12.5. The lowest BCUT2D eigenvalue weighted by Gasteiger charge is -2.38. The number of amides is 2. The van der Waals surface area contributed by atoms with Crippen molar-refractivity contribution in [3.8, 4) is 6.07 Å².